The van der Waals surface area contributed by atoms with E-state index in [1.54, 1.807) is 0 Å². The van der Waals surface area contributed by atoms with E-state index in [0.29, 0.717) is 0 Å². The van der Waals surface area contributed by atoms with Crippen LogP contribution in [0.5, 0.6) is 0 Å². The van der Waals surface area contributed by atoms with Crippen molar-refractivity contribution in [2.45, 2.75) is 42.4 Å². The highest BCUT2D eigenvalue weighted by Crippen LogP contribution is 2.27. The minimum absolute atomic E-state index is 0.105. The Hall–Kier alpha value is -1.45. The molecule has 2 nitrogen and oxygen atoms in total. The van der Waals surface area contributed by atoms with Crippen LogP contribution in [0.2, 0.25) is 0 Å². The molecule has 21 heavy (non-hydrogen) atoms. The Morgan fingerprint density at radius 3 is 2.52 bits per heavy atom. The molecule has 0 bridgehead atoms. The first-order chi connectivity index (χ1) is 10.2. The largest absolute Gasteiger partial charge is 0.323 e. The second-order valence-electron chi connectivity index (χ2n) is 5.72. The van der Waals surface area contributed by atoms with Crippen LogP contribution in [0.1, 0.15) is 36.1 Å². The first kappa shape index (κ1) is 14.5. The standard InChI is InChI=1S/C18H21NOS/c1-13(18(19)15-6-3-2-4-7-15)21(20)17-11-10-14-8-5-9-16(14)12-17/h2-4,6-7,10-13,18H,5,8-9,19H2,1H3. The molecule has 2 N–H and O–H groups in total. The minimum Gasteiger partial charge on any atom is -0.323 e. The zero-order valence-electron chi connectivity index (χ0n) is 12.3. The highest BCUT2D eigenvalue weighted by Gasteiger charge is 2.23. The number of hydrogen-bond donors (Lipinski definition) is 1. The normalized spacial score (nSPS) is 18.0. The predicted molar refractivity (Wildman–Crippen MR) is 87.7 cm³/mol. The summed E-state index contributed by atoms with van der Waals surface area (Å²) in [6, 6.07) is 16.0. The number of nitrogens with two attached hydrogens (primary N) is 1. The smallest absolute Gasteiger partial charge is 0.0577 e. The van der Waals surface area contributed by atoms with Crippen LogP contribution in [0.3, 0.4) is 0 Å². The van der Waals surface area contributed by atoms with Gasteiger partial charge in [-0.05, 0) is 55.0 Å². The first-order valence-electron chi connectivity index (χ1n) is 7.50. The van der Waals surface area contributed by atoms with Crippen molar-refractivity contribution in [3.63, 3.8) is 0 Å². The van der Waals surface area contributed by atoms with E-state index in [1.807, 2.05) is 43.3 Å². The molecule has 2 aromatic carbocycles. The number of aryl methyl sites for hydroxylation is 2. The van der Waals surface area contributed by atoms with Crippen molar-refractivity contribution in [1.29, 1.82) is 0 Å². The predicted octanol–water partition coefficient (Wildman–Crippen LogP) is 3.37. The second kappa shape index (κ2) is 6.12. The van der Waals surface area contributed by atoms with Crippen molar-refractivity contribution < 1.29 is 4.21 Å². The van der Waals surface area contributed by atoms with Gasteiger partial charge in [-0.25, -0.2) is 0 Å². The molecule has 2 aromatic rings. The van der Waals surface area contributed by atoms with Gasteiger partial charge in [0, 0.05) is 10.9 Å². The minimum atomic E-state index is -1.08. The Bertz CT molecular complexity index is 654. The van der Waals surface area contributed by atoms with Crippen LogP contribution < -0.4 is 5.73 Å². The molecule has 1 aliphatic carbocycles. The fourth-order valence-electron chi connectivity index (χ4n) is 2.97. The number of benzene rings is 2. The second-order valence-corrected chi connectivity index (χ2v) is 7.53. The Morgan fingerprint density at radius 2 is 1.76 bits per heavy atom. The summed E-state index contributed by atoms with van der Waals surface area (Å²) < 4.78 is 12.8. The molecule has 0 aromatic heterocycles. The van der Waals surface area contributed by atoms with Gasteiger partial charge in [0.2, 0.25) is 0 Å². The Morgan fingerprint density at radius 1 is 1.05 bits per heavy atom. The van der Waals surface area contributed by atoms with Crippen LogP contribution in [-0.2, 0) is 23.6 Å². The maximum atomic E-state index is 12.8. The molecule has 110 valence electrons. The molecular weight excluding hydrogens is 278 g/mol. The van der Waals surface area contributed by atoms with Crippen molar-refractivity contribution in [2.24, 2.45) is 5.73 Å². The quantitative estimate of drug-likeness (QED) is 0.940. The summed E-state index contributed by atoms with van der Waals surface area (Å²) >= 11 is 0. The molecule has 0 aliphatic heterocycles. The molecule has 3 heteroatoms. The van der Waals surface area contributed by atoms with E-state index < -0.39 is 10.8 Å². The third kappa shape index (κ3) is 2.94. The van der Waals surface area contributed by atoms with Crippen molar-refractivity contribution in [3.05, 3.63) is 65.2 Å². The lowest BCUT2D eigenvalue weighted by Crippen LogP contribution is -2.27. The van der Waals surface area contributed by atoms with Gasteiger partial charge in [-0.15, -0.1) is 0 Å². The zero-order chi connectivity index (χ0) is 14.8. The van der Waals surface area contributed by atoms with Crippen molar-refractivity contribution in [3.8, 4) is 0 Å². The highest BCUT2D eigenvalue weighted by atomic mass is 32.2. The third-order valence-corrected chi connectivity index (χ3v) is 6.02. The highest BCUT2D eigenvalue weighted by molar-refractivity contribution is 7.85. The van der Waals surface area contributed by atoms with E-state index in [1.165, 1.54) is 17.5 Å². The van der Waals surface area contributed by atoms with Crippen LogP contribution >= 0.6 is 0 Å². The summed E-state index contributed by atoms with van der Waals surface area (Å²) in [5.41, 5.74) is 10.1. The topological polar surface area (TPSA) is 43.1 Å². The molecule has 0 spiro atoms. The average Bonchev–Trinajstić information content (AvgIpc) is 3.01. The van der Waals surface area contributed by atoms with Crippen LogP contribution in [0, 0.1) is 0 Å². The molecule has 0 radical (unpaired) electrons. The molecule has 0 saturated heterocycles. The first-order valence-corrected chi connectivity index (χ1v) is 8.71. The fraction of sp³-hybridized carbons (Fsp3) is 0.333. The summed E-state index contributed by atoms with van der Waals surface area (Å²) in [7, 11) is -1.08. The van der Waals surface area contributed by atoms with Crippen LogP contribution in [0.4, 0.5) is 0 Å². The molecule has 0 amide bonds. The third-order valence-electron chi connectivity index (χ3n) is 4.33. The summed E-state index contributed by atoms with van der Waals surface area (Å²) in [5.74, 6) is 0. The van der Waals surface area contributed by atoms with Crippen LogP contribution in [-0.4, -0.2) is 9.46 Å². The summed E-state index contributed by atoms with van der Waals surface area (Å²) in [4.78, 5) is 0.912. The lowest BCUT2D eigenvalue weighted by Gasteiger charge is -2.20. The SMILES string of the molecule is CC(C(N)c1ccccc1)S(=O)c1ccc2c(c1)CCC2. The van der Waals surface area contributed by atoms with Gasteiger partial charge in [-0.2, -0.15) is 0 Å². The van der Waals surface area contributed by atoms with Crippen molar-refractivity contribution >= 4 is 10.8 Å². The number of rotatable bonds is 4. The maximum absolute atomic E-state index is 12.8. The average molecular weight is 299 g/mol. The molecular formula is C18H21NOS. The molecule has 3 rings (SSSR count). The van der Waals surface area contributed by atoms with Gasteiger partial charge in [0.1, 0.15) is 0 Å². The maximum Gasteiger partial charge on any atom is 0.0577 e. The van der Waals surface area contributed by atoms with E-state index in [0.717, 1.165) is 23.3 Å². The molecule has 3 unspecified atom stereocenters. The van der Waals surface area contributed by atoms with Gasteiger partial charge in [-0.3, -0.25) is 4.21 Å². The van der Waals surface area contributed by atoms with Gasteiger partial charge in [0.05, 0.1) is 16.0 Å². The molecule has 3 atom stereocenters. The Kier molecular flexibility index (Phi) is 4.22. The number of fused-ring (bicyclic) bond motifs is 1. The number of hydrogen-bond acceptors (Lipinski definition) is 2. The van der Waals surface area contributed by atoms with Gasteiger partial charge >= 0.3 is 0 Å². The summed E-state index contributed by atoms with van der Waals surface area (Å²) in [6.07, 6.45) is 3.48. The van der Waals surface area contributed by atoms with Crippen molar-refractivity contribution in [1.82, 2.24) is 0 Å². The molecule has 0 fully saturated rings. The zero-order valence-corrected chi connectivity index (χ0v) is 13.1. The molecule has 0 heterocycles. The summed E-state index contributed by atoms with van der Waals surface area (Å²) in [5, 5.41) is -0.105. The van der Waals surface area contributed by atoms with Crippen molar-refractivity contribution in [2.75, 3.05) is 0 Å². The van der Waals surface area contributed by atoms with E-state index in [-0.39, 0.29) is 11.3 Å². The molecule has 1 aliphatic rings. The lowest BCUT2D eigenvalue weighted by molar-refractivity contribution is 0.643. The van der Waals surface area contributed by atoms with Gasteiger partial charge in [-0.1, -0.05) is 36.4 Å². The van der Waals surface area contributed by atoms with Gasteiger partial charge < -0.3 is 5.73 Å². The monoisotopic (exact) mass is 299 g/mol. The Balaban J connectivity index is 1.81. The molecule has 0 saturated carbocycles. The van der Waals surface area contributed by atoms with Crippen LogP contribution in [0.25, 0.3) is 0 Å². The van der Waals surface area contributed by atoms with E-state index >= 15 is 0 Å². The lowest BCUT2D eigenvalue weighted by atomic mass is 10.1. The van der Waals surface area contributed by atoms with Gasteiger partial charge in [0.25, 0.3) is 0 Å². The summed E-state index contributed by atoms with van der Waals surface area (Å²) in [6.45, 7) is 1.97. The van der Waals surface area contributed by atoms with E-state index in [9.17, 15) is 4.21 Å². The van der Waals surface area contributed by atoms with Gasteiger partial charge in [0.15, 0.2) is 0 Å². The Labute approximate surface area is 128 Å². The van der Waals surface area contributed by atoms with E-state index in [4.69, 9.17) is 5.73 Å². The van der Waals surface area contributed by atoms with E-state index in [2.05, 4.69) is 12.1 Å². The van der Waals surface area contributed by atoms with Crippen LogP contribution in [0.15, 0.2) is 53.4 Å². The fourth-order valence-corrected chi connectivity index (χ4v) is 4.28.